The molecule has 0 saturated heterocycles. The third-order valence-corrected chi connectivity index (χ3v) is 3.26. The zero-order valence-electron chi connectivity index (χ0n) is 11.6. The van der Waals surface area contributed by atoms with Gasteiger partial charge in [-0.1, -0.05) is 20.8 Å². The number of carbonyl (C=O) groups is 2. The van der Waals surface area contributed by atoms with E-state index in [-0.39, 0.29) is 5.91 Å². The summed E-state index contributed by atoms with van der Waals surface area (Å²) in [5, 5.41) is 11.4. The maximum absolute atomic E-state index is 11.6. The summed E-state index contributed by atoms with van der Waals surface area (Å²) in [5.74, 6) is -0.256. The molecule has 0 bridgehead atoms. The first-order chi connectivity index (χ1) is 8.42. The van der Waals surface area contributed by atoms with Gasteiger partial charge in [0.15, 0.2) is 0 Å². The van der Waals surface area contributed by atoms with E-state index in [0.29, 0.717) is 31.2 Å². The summed E-state index contributed by atoms with van der Waals surface area (Å²) in [6.45, 7) is 6.59. The fourth-order valence-electron chi connectivity index (χ4n) is 1.95. The first-order valence-corrected chi connectivity index (χ1v) is 6.64. The highest BCUT2D eigenvalue weighted by molar-refractivity contribution is 5.83. The molecule has 0 aromatic heterocycles. The van der Waals surface area contributed by atoms with Gasteiger partial charge in [-0.2, -0.15) is 0 Å². The van der Waals surface area contributed by atoms with Gasteiger partial charge in [-0.3, -0.25) is 4.79 Å². The molecule has 4 N–H and O–H groups in total. The Labute approximate surface area is 109 Å². The Morgan fingerprint density at radius 1 is 1.28 bits per heavy atom. The van der Waals surface area contributed by atoms with E-state index in [4.69, 9.17) is 10.8 Å². The normalized spacial score (nSPS) is 14.3. The number of carboxylic acid groups (broad SMARTS) is 1. The van der Waals surface area contributed by atoms with Gasteiger partial charge in [0, 0.05) is 6.42 Å². The standard InChI is InChI=1S/C13H26N2O3/c1-4-11(13(17)18)15-12(16)6-5-10(7-8-14)9(2)3/h9-11H,4-8,14H2,1-3H3,(H,15,16)(H,17,18)/t10?,11-/m0/s1. The van der Waals surface area contributed by atoms with Crippen molar-refractivity contribution >= 4 is 11.9 Å². The monoisotopic (exact) mass is 258 g/mol. The fraction of sp³-hybridized carbons (Fsp3) is 0.846. The summed E-state index contributed by atoms with van der Waals surface area (Å²) in [7, 11) is 0. The van der Waals surface area contributed by atoms with Gasteiger partial charge in [-0.25, -0.2) is 4.79 Å². The van der Waals surface area contributed by atoms with Crippen LogP contribution in [-0.2, 0) is 9.59 Å². The molecule has 0 fully saturated rings. The van der Waals surface area contributed by atoms with Crippen LogP contribution in [0.15, 0.2) is 0 Å². The first-order valence-electron chi connectivity index (χ1n) is 6.64. The van der Waals surface area contributed by atoms with Gasteiger partial charge in [0.05, 0.1) is 0 Å². The second kappa shape index (κ2) is 8.91. The van der Waals surface area contributed by atoms with Gasteiger partial charge in [-0.15, -0.1) is 0 Å². The highest BCUT2D eigenvalue weighted by Crippen LogP contribution is 2.20. The van der Waals surface area contributed by atoms with E-state index in [2.05, 4.69) is 19.2 Å². The van der Waals surface area contributed by atoms with Gasteiger partial charge in [-0.05, 0) is 37.6 Å². The summed E-state index contributed by atoms with van der Waals surface area (Å²) >= 11 is 0. The molecule has 0 radical (unpaired) electrons. The number of nitrogens with two attached hydrogens (primary N) is 1. The van der Waals surface area contributed by atoms with Gasteiger partial charge in [0.25, 0.3) is 0 Å². The van der Waals surface area contributed by atoms with Crippen molar-refractivity contribution in [1.29, 1.82) is 0 Å². The molecule has 106 valence electrons. The van der Waals surface area contributed by atoms with Crippen molar-refractivity contribution in [3.8, 4) is 0 Å². The van der Waals surface area contributed by atoms with Crippen molar-refractivity contribution in [2.45, 2.75) is 52.5 Å². The lowest BCUT2D eigenvalue weighted by Crippen LogP contribution is -2.40. The second-order valence-electron chi connectivity index (χ2n) is 4.99. The van der Waals surface area contributed by atoms with Gasteiger partial charge in [0.2, 0.25) is 5.91 Å². The highest BCUT2D eigenvalue weighted by atomic mass is 16.4. The van der Waals surface area contributed by atoms with Crippen LogP contribution < -0.4 is 11.1 Å². The van der Waals surface area contributed by atoms with Crippen LogP contribution in [0.5, 0.6) is 0 Å². The minimum absolute atomic E-state index is 0.188. The number of carboxylic acids is 1. The lowest BCUT2D eigenvalue weighted by atomic mass is 9.88. The Hall–Kier alpha value is -1.10. The molecule has 0 rings (SSSR count). The predicted octanol–water partition coefficient (Wildman–Crippen LogP) is 1.37. The van der Waals surface area contributed by atoms with Crippen molar-refractivity contribution in [2.75, 3.05) is 6.54 Å². The van der Waals surface area contributed by atoms with Crippen molar-refractivity contribution in [3.05, 3.63) is 0 Å². The van der Waals surface area contributed by atoms with Gasteiger partial charge < -0.3 is 16.2 Å². The number of hydrogen-bond donors (Lipinski definition) is 3. The SMILES string of the molecule is CC[C@H](NC(=O)CCC(CCN)C(C)C)C(=O)O. The van der Waals surface area contributed by atoms with E-state index in [1.807, 2.05) is 0 Å². The van der Waals surface area contributed by atoms with Gasteiger partial charge >= 0.3 is 5.97 Å². The average molecular weight is 258 g/mol. The van der Waals surface area contributed by atoms with Crippen LogP contribution in [0.1, 0.15) is 46.5 Å². The molecule has 0 aliphatic heterocycles. The van der Waals surface area contributed by atoms with Crippen molar-refractivity contribution in [3.63, 3.8) is 0 Å². The molecular formula is C13H26N2O3. The van der Waals surface area contributed by atoms with Crippen LogP contribution in [0.25, 0.3) is 0 Å². The quantitative estimate of drug-likeness (QED) is 0.582. The largest absolute Gasteiger partial charge is 0.480 e. The number of rotatable bonds is 9. The molecule has 0 heterocycles. The minimum Gasteiger partial charge on any atom is -0.480 e. The Balaban J connectivity index is 4.11. The van der Waals surface area contributed by atoms with E-state index in [0.717, 1.165) is 12.8 Å². The summed E-state index contributed by atoms with van der Waals surface area (Å²) in [5.41, 5.74) is 5.54. The van der Waals surface area contributed by atoms with E-state index < -0.39 is 12.0 Å². The minimum atomic E-state index is -0.979. The zero-order chi connectivity index (χ0) is 14.1. The number of carbonyl (C=O) groups excluding carboxylic acids is 1. The predicted molar refractivity (Wildman–Crippen MR) is 71.1 cm³/mol. The van der Waals surface area contributed by atoms with Crippen LogP contribution in [0.3, 0.4) is 0 Å². The fourth-order valence-corrected chi connectivity index (χ4v) is 1.95. The third kappa shape index (κ3) is 6.59. The number of amides is 1. The molecule has 5 heteroatoms. The van der Waals surface area contributed by atoms with Crippen molar-refractivity contribution in [2.24, 2.45) is 17.6 Å². The van der Waals surface area contributed by atoms with Crippen LogP contribution >= 0.6 is 0 Å². The lowest BCUT2D eigenvalue weighted by molar-refractivity contribution is -0.141. The topological polar surface area (TPSA) is 92.4 Å². The maximum Gasteiger partial charge on any atom is 0.326 e. The molecule has 5 nitrogen and oxygen atoms in total. The smallest absolute Gasteiger partial charge is 0.326 e. The number of aliphatic carboxylic acids is 1. The Morgan fingerprint density at radius 3 is 2.28 bits per heavy atom. The van der Waals surface area contributed by atoms with E-state index in [1.54, 1.807) is 6.92 Å². The van der Waals surface area contributed by atoms with E-state index >= 15 is 0 Å². The van der Waals surface area contributed by atoms with Crippen LogP contribution in [-0.4, -0.2) is 29.6 Å². The first kappa shape index (κ1) is 16.9. The van der Waals surface area contributed by atoms with Crippen LogP contribution in [0.2, 0.25) is 0 Å². The summed E-state index contributed by atoms with van der Waals surface area (Å²) in [4.78, 5) is 22.4. The second-order valence-corrected chi connectivity index (χ2v) is 4.99. The summed E-state index contributed by atoms with van der Waals surface area (Å²) in [6.07, 6.45) is 2.43. The summed E-state index contributed by atoms with van der Waals surface area (Å²) in [6, 6.07) is -0.774. The molecule has 1 unspecified atom stereocenters. The lowest BCUT2D eigenvalue weighted by Gasteiger charge is -2.20. The molecule has 1 amide bonds. The molecule has 0 spiro atoms. The summed E-state index contributed by atoms with van der Waals surface area (Å²) < 4.78 is 0. The van der Waals surface area contributed by atoms with Crippen molar-refractivity contribution < 1.29 is 14.7 Å². The van der Waals surface area contributed by atoms with Crippen LogP contribution in [0, 0.1) is 11.8 Å². The highest BCUT2D eigenvalue weighted by Gasteiger charge is 2.19. The van der Waals surface area contributed by atoms with E-state index in [9.17, 15) is 9.59 Å². The number of nitrogens with one attached hydrogen (secondary N) is 1. The third-order valence-electron chi connectivity index (χ3n) is 3.26. The van der Waals surface area contributed by atoms with E-state index in [1.165, 1.54) is 0 Å². The van der Waals surface area contributed by atoms with Gasteiger partial charge in [0.1, 0.15) is 6.04 Å². The van der Waals surface area contributed by atoms with Crippen molar-refractivity contribution in [1.82, 2.24) is 5.32 Å². The Morgan fingerprint density at radius 2 is 1.89 bits per heavy atom. The molecular weight excluding hydrogens is 232 g/mol. The zero-order valence-corrected chi connectivity index (χ0v) is 11.6. The van der Waals surface area contributed by atoms with Crippen LogP contribution in [0.4, 0.5) is 0 Å². The molecule has 0 aliphatic carbocycles. The molecule has 0 saturated carbocycles. The number of hydrogen-bond acceptors (Lipinski definition) is 3. The molecule has 0 aliphatic rings. The molecule has 0 aromatic carbocycles. The maximum atomic E-state index is 11.6. The Bertz CT molecular complexity index is 267. The Kier molecular flexibility index (Phi) is 8.37. The molecule has 2 atom stereocenters. The average Bonchev–Trinajstić information content (AvgIpc) is 2.30. The molecule has 0 aromatic rings. The molecule has 18 heavy (non-hydrogen) atoms.